The molecule has 0 aliphatic rings. The Kier molecular flexibility index (Phi) is 3.01. The molecule has 0 saturated heterocycles. The van der Waals surface area contributed by atoms with Gasteiger partial charge in [-0.3, -0.25) is 5.32 Å². The predicted octanol–water partition coefficient (Wildman–Crippen LogP) is 1.17. The van der Waals surface area contributed by atoms with Crippen molar-refractivity contribution in [2.75, 3.05) is 5.12 Å². The van der Waals surface area contributed by atoms with Gasteiger partial charge in [-0.25, -0.2) is 9.59 Å². The number of amides is 4. The second-order valence-electron chi connectivity index (χ2n) is 2.41. The van der Waals surface area contributed by atoms with Crippen LogP contribution in [0.1, 0.15) is 0 Å². The maximum atomic E-state index is 13.1. The van der Waals surface area contributed by atoms with Gasteiger partial charge in [0.25, 0.3) is 0 Å². The van der Waals surface area contributed by atoms with Crippen LogP contribution in [0.15, 0.2) is 30.3 Å². The summed E-state index contributed by atoms with van der Waals surface area (Å²) in [7, 11) is 0. The van der Waals surface area contributed by atoms with E-state index >= 15 is 0 Å². The Bertz CT molecular complexity index is 342. The average Bonchev–Trinajstić information content (AvgIpc) is 2.17. The molecule has 5 nitrogen and oxygen atoms in total. The van der Waals surface area contributed by atoms with Crippen LogP contribution < -0.4 is 16.2 Å². The smallest absolute Gasteiger partial charge is 0.351 e. The van der Waals surface area contributed by atoms with Gasteiger partial charge in [0.15, 0.2) is 0 Å². The molecule has 1 rings (SSSR count). The number of hydrogen-bond acceptors (Lipinski definition) is 2. The molecule has 0 unspecified atom stereocenters. The monoisotopic (exact) mass is 197 g/mol. The minimum Gasteiger partial charge on any atom is -0.351 e. The summed E-state index contributed by atoms with van der Waals surface area (Å²) in [5, 5.41) is 1.39. The van der Waals surface area contributed by atoms with Crippen LogP contribution in [0, 0.1) is 0 Å². The number of para-hydroxylation sites is 1. The first-order valence-electron chi connectivity index (χ1n) is 3.72. The summed E-state index contributed by atoms with van der Waals surface area (Å²) in [4.78, 5) is 21.1. The molecule has 74 valence electrons. The number of carbonyl (C=O) groups excluding carboxylic acids is 2. The number of carbonyl (C=O) groups is 2. The number of primary amides is 1. The van der Waals surface area contributed by atoms with Crippen LogP contribution in [0.2, 0.25) is 0 Å². The first-order chi connectivity index (χ1) is 6.61. The van der Waals surface area contributed by atoms with E-state index in [0.29, 0.717) is 0 Å². The van der Waals surface area contributed by atoms with Crippen molar-refractivity contribution in [3.05, 3.63) is 30.3 Å². The molecule has 0 aliphatic carbocycles. The average molecular weight is 197 g/mol. The lowest BCUT2D eigenvalue weighted by molar-refractivity contribution is 0.226. The largest absolute Gasteiger partial charge is 0.358 e. The fourth-order valence-corrected chi connectivity index (χ4v) is 0.831. The van der Waals surface area contributed by atoms with E-state index in [1.807, 2.05) is 0 Å². The van der Waals surface area contributed by atoms with E-state index in [1.54, 1.807) is 23.5 Å². The third-order valence-corrected chi connectivity index (χ3v) is 1.39. The lowest BCUT2D eigenvalue weighted by Crippen LogP contribution is -2.41. The SMILES string of the molecule is NC(=O)NC(=O)N(F)c1ccccc1. The molecule has 0 fully saturated rings. The zero-order chi connectivity index (χ0) is 10.6. The molecule has 0 aliphatic heterocycles. The predicted molar refractivity (Wildman–Crippen MR) is 48.1 cm³/mol. The zero-order valence-corrected chi connectivity index (χ0v) is 7.11. The number of urea groups is 2. The van der Waals surface area contributed by atoms with Gasteiger partial charge in [-0.1, -0.05) is 22.7 Å². The zero-order valence-electron chi connectivity index (χ0n) is 7.11. The third-order valence-electron chi connectivity index (χ3n) is 1.39. The lowest BCUT2D eigenvalue weighted by atomic mass is 10.3. The molecule has 0 saturated carbocycles. The maximum absolute atomic E-state index is 13.1. The number of halogens is 1. The summed E-state index contributed by atoms with van der Waals surface area (Å²) >= 11 is 0. The van der Waals surface area contributed by atoms with Gasteiger partial charge >= 0.3 is 12.1 Å². The fraction of sp³-hybridized carbons (Fsp3) is 0. The van der Waals surface area contributed by atoms with Gasteiger partial charge in [0.1, 0.15) is 0 Å². The summed E-state index contributed by atoms with van der Waals surface area (Å²) in [6.07, 6.45) is 0. The Morgan fingerprint density at radius 2 is 1.86 bits per heavy atom. The van der Waals surface area contributed by atoms with Gasteiger partial charge in [0.05, 0.1) is 5.69 Å². The van der Waals surface area contributed by atoms with Crippen molar-refractivity contribution in [3.8, 4) is 0 Å². The molecule has 1 aromatic rings. The number of imide groups is 1. The number of benzene rings is 1. The molecule has 0 spiro atoms. The number of anilines is 1. The highest BCUT2D eigenvalue weighted by atomic mass is 19.2. The van der Waals surface area contributed by atoms with E-state index in [4.69, 9.17) is 0 Å². The Morgan fingerprint density at radius 1 is 1.29 bits per heavy atom. The van der Waals surface area contributed by atoms with Gasteiger partial charge in [-0.15, -0.1) is 5.12 Å². The Hall–Kier alpha value is -2.11. The topological polar surface area (TPSA) is 75.4 Å². The van der Waals surface area contributed by atoms with Crippen molar-refractivity contribution in [1.82, 2.24) is 5.32 Å². The summed E-state index contributed by atoms with van der Waals surface area (Å²) in [5.41, 5.74) is 4.66. The van der Waals surface area contributed by atoms with Gasteiger partial charge in [0, 0.05) is 0 Å². The van der Waals surface area contributed by atoms with Crippen LogP contribution in [0.5, 0.6) is 0 Å². The highest BCUT2D eigenvalue weighted by Gasteiger charge is 2.15. The van der Waals surface area contributed by atoms with E-state index < -0.39 is 12.1 Å². The molecular weight excluding hydrogens is 189 g/mol. The summed E-state index contributed by atoms with van der Waals surface area (Å²) in [6, 6.07) is 5.21. The molecule has 14 heavy (non-hydrogen) atoms. The quantitative estimate of drug-likeness (QED) is 0.663. The molecule has 1 aromatic carbocycles. The lowest BCUT2D eigenvalue weighted by Gasteiger charge is -2.10. The molecule has 0 radical (unpaired) electrons. The summed E-state index contributed by atoms with van der Waals surface area (Å²) in [6.45, 7) is 0. The van der Waals surface area contributed by atoms with Gasteiger partial charge in [-0.05, 0) is 12.1 Å². The third kappa shape index (κ3) is 2.44. The van der Waals surface area contributed by atoms with Crippen LogP contribution in [-0.4, -0.2) is 12.1 Å². The highest BCUT2D eigenvalue weighted by molar-refractivity contribution is 6.00. The second kappa shape index (κ2) is 4.22. The number of nitrogens with one attached hydrogen (secondary N) is 1. The van der Waals surface area contributed by atoms with Crippen molar-refractivity contribution in [3.63, 3.8) is 0 Å². The summed E-state index contributed by atoms with van der Waals surface area (Å²) in [5.74, 6) is 0. The molecule has 0 atom stereocenters. The first kappa shape index (κ1) is 9.97. The highest BCUT2D eigenvalue weighted by Crippen LogP contribution is 2.12. The number of hydrogen-bond donors (Lipinski definition) is 2. The Balaban J connectivity index is 2.71. The van der Waals surface area contributed by atoms with Crippen LogP contribution in [0.4, 0.5) is 19.8 Å². The normalized spacial score (nSPS) is 9.21. The molecule has 0 aromatic heterocycles. The van der Waals surface area contributed by atoms with Crippen molar-refractivity contribution in [2.24, 2.45) is 5.73 Å². The van der Waals surface area contributed by atoms with Crippen molar-refractivity contribution < 1.29 is 14.1 Å². The molecule has 3 N–H and O–H groups in total. The van der Waals surface area contributed by atoms with Crippen LogP contribution in [0.25, 0.3) is 0 Å². The fourth-order valence-electron chi connectivity index (χ4n) is 0.831. The van der Waals surface area contributed by atoms with E-state index in [-0.39, 0.29) is 10.8 Å². The van der Waals surface area contributed by atoms with Crippen molar-refractivity contribution >= 4 is 17.7 Å². The standard InChI is InChI=1S/C8H8FN3O2/c9-12(8(14)11-7(10)13)6-4-2-1-3-5-6/h1-5H,(H3,10,11,13,14). The molecule has 0 heterocycles. The summed E-state index contributed by atoms with van der Waals surface area (Å²) < 4.78 is 13.1. The second-order valence-corrected chi connectivity index (χ2v) is 2.41. The minimum absolute atomic E-state index is 0.0197. The van der Waals surface area contributed by atoms with Gasteiger partial charge in [-0.2, -0.15) is 0 Å². The van der Waals surface area contributed by atoms with Crippen LogP contribution in [-0.2, 0) is 0 Å². The van der Waals surface area contributed by atoms with E-state index in [9.17, 15) is 14.1 Å². The molecule has 0 bridgehead atoms. The number of nitrogens with zero attached hydrogens (tertiary/aromatic N) is 1. The van der Waals surface area contributed by atoms with Crippen molar-refractivity contribution in [1.29, 1.82) is 0 Å². The minimum atomic E-state index is -1.22. The van der Waals surface area contributed by atoms with E-state index in [1.165, 1.54) is 12.1 Å². The maximum Gasteiger partial charge on any atom is 0.358 e. The van der Waals surface area contributed by atoms with Crippen molar-refractivity contribution in [2.45, 2.75) is 0 Å². The first-order valence-corrected chi connectivity index (χ1v) is 3.72. The van der Waals surface area contributed by atoms with E-state index in [2.05, 4.69) is 5.73 Å². The molecule has 4 amide bonds. The van der Waals surface area contributed by atoms with E-state index in [0.717, 1.165) is 0 Å². The Morgan fingerprint density at radius 3 is 2.36 bits per heavy atom. The number of nitrogens with two attached hydrogens (primary N) is 1. The van der Waals surface area contributed by atoms with Gasteiger partial charge < -0.3 is 5.73 Å². The number of rotatable bonds is 1. The van der Waals surface area contributed by atoms with Crippen LogP contribution >= 0.6 is 0 Å². The van der Waals surface area contributed by atoms with Crippen LogP contribution in [0.3, 0.4) is 0 Å². The Labute approximate surface area is 79.2 Å². The molecule has 6 heteroatoms. The van der Waals surface area contributed by atoms with Gasteiger partial charge in [0.2, 0.25) is 0 Å². The molecular formula is C8H8FN3O2.